The second-order valence-electron chi connectivity index (χ2n) is 5.27. The molecule has 1 amide bonds. The van der Waals surface area contributed by atoms with Gasteiger partial charge in [-0.2, -0.15) is 0 Å². The summed E-state index contributed by atoms with van der Waals surface area (Å²) in [5.41, 5.74) is 5.78. The van der Waals surface area contributed by atoms with Gasteiger partial charge in [-0.1, -0.05) is 13.8 Å². The summed E-state index contributed by atoms with van der Waals surface area (Å²) in [5.74, 6) is 1.85. The number of likely N-dealkylation sites (tertiary alicyclic amines) is 1. The van der Waals surface area contributed by atoms with E-state index in [0.717, 1.165) is 19.4 Å². The van der Waals surface area contributed by atoms with Crippen molar-refractivity contribution >= 4 is 5.91 Å². The minimum atomic E-state index is 0.291. The molecule has 0 spiro atoms. The Morgan fingerprint density at radius 1 is 1.40 bits per heavy atom. The molecule has 1 saturated carbocycles. The van der Waals surface area contributed by atoms with Gasteiger partial charge in [0.2, 0.25) is 5.91 Å². The summed E-state index contributed by atoms with van der Waals surface area (Å²) in [5, 5.41) is 0. The number of nitrogens with two attached hydrogens (primary N) is 1. The van der Waals surface area contributed by atoms with E-state index in [9.17, 15) is 4.79 Å². The van der Waals surface area contributed by atoms with E-state index in [1.165, 1.54) is 6.42 Å². The Kier molecular flexibility index (Phi) is 3.01. The molecule has 2 aliphatic rings. The zero-order valence-corrected chi connectivity index (χ0v) is 9.78. The SMILES string of the molecule is C[C@@H]1C[C@@H]1C(=O)N1CCC[C@H](C)[C@H]1CN. The van der Waals surface area contributed by atoms with Crippen molar-refractivity contribution in [1.82, 2.24) is 4.90 Å². The number of nitrogens with zero attached hydrogens (tertiary/aromatic N) is 1. The van der Waals surface area contributed by atoms with E-state index in [1.54, 1.807) is 0 Å². The van der Waals surface area contributed by atoms with Gasteiger partial charge in [0.15, 0.2) is 0 Å². The number of carbonyl (C=O) groups excluding carboxylic acids is 1. The molecule has 2 rings (SSSR count). The van der Waals surface area contributed by atoms with E-state index >= 15 is 0 Å². The fourth-order valence-corrected chi connectivity index (χ4v) is 2.76. The van der Waals surface area contributed by atoms with Crippen LogP contribution in [0.3, 0.4) is 0 Å². The van der Waals surface area contributed by atoms with Crippen molar-refractivity contribution in [2.75, 3.05) is 13.1 Å². The zero-order chi connectivity index (χ0) is 11.0. The highest BCUT2D eigenvalue weighted by Crippen LogP contribution is 2.40. The van der Waals surface area contributed by atoms with Crippen LogP contribution >= 0.6 is 0 Å². The summed E-state index contributed by atoms with van der Waals surface area (Å²) in [6.45, 7) is 5.92. The van der Waals surface area contributed by atoms with Crippen molar-refractivity contribution in [3.8, 4) is 0 Å². The Morgan fingerprint density at radius 2 is 2.07 bits per heavy atom. The lowest BCUT2D eigenvalue weighted by Crippen LogP contribution is -2.52. The average Bonchev–Trinajstić information content (AvgIpc) is 2.94. The lowest BCUT2D eigenvalue weighted by molar-refractivity contribution is -0.137. The van der Waals surface area contributed by atoms with Crippen molar-refractivity contribution in [3.63, 3.8) is 0 Å². The third-order valence-electron chi connectivity index (χ3n) is 4.07. The highest BCUT2D eigenvalue weighted by atomic mass is 16.2. The van der Waals surface area contributed by atoms with Gasteiger partial charge in [-0.05, 0) is 31.1 Å². The Balaban J connectivity index is 2.02. The molecule has 3 nitrogen and oxygen atoms in total. The van der Waals surface area contributed by atoms with E-state index in [2.05, 4.69) is 18.7 Å². The molecule has 86 valence electrons. The molecule has 1 aliphatic heterocycles. The maximum Gasteiger partial charge on any atom is 0.226 e. The van der Waals surface area contributed by atoms with Crippen molar-refractivity contribution in [2.24, 2.45) is 23.5 Å². The van der Waals surface area contributed by atoms with E-state index in [0.29, 0.717) is 36.2 Å². The Labute approximate surface area is 92.0 Å². The predicted molar refractivity (Wildman–Crippen MR) is 60.2 cm³/mol. The number of piperidine rings is 1. The van der Waals surface area contributed by atoms with Crippen LogP contribution in [0.15, 0.2) is 0 Å². The largest absolute Gasteiger partial charge is 0.338 e. The topological polar surface area (TPSA) is 46.3 Å². The van der Waals surface area contributed by atoms with Crippen molar-refractivity contribution < 1.29 is 4.79 Å². The Hall–Kier alpha value is -0.570. The third-order valence-corrected chi connectivity index (χ3v) is 4.07. The van der Waals surface area contributed by atoms with Crippen LogP contribution in [-0.4, -0.2) is 29.9 Å². The van der Waals surface area contributed by atoms with Gasteiger partial charge >= 0.3 is 0 Å². The summed E-state index contributed by atoms with van der Waals surface area (Å²) in [6, 6.07) is 0.291. The second-order valence-corrected chi connectivity index (χ2v) is 5.27. The molecule has 0 aromatic rings. The minimum Gasteiger partial charge on any atom is -0.338 e. The lowest BCUT2D eigenvalue weighted by Gasteiger charge is -2.39. The first-order chi connectivity index (χ1) is 7.15. The normalized spacial score (nSPS) is 40.3. The van der Waals surface area contributed by atoms with Crippen LogP contribution in [-0.2, 0) is 4.79 Å². The minimum absolute atomic E-state index is 0.291. The standard InChI is InChI=1S/C12H22N2O/c1-8-4-3-5-14(11(8)7-13)12(15)10-6-9(10)2/h8-11H,3-7,13H2,1-2H3/t8-,9+,10-,11+/m0/s1. The van der Waals surface area contributed by atoms with Crippen LogP contribution < -0.4 is 5.73 Å². The summed E-state index contributed by atoms with van der Waals surface area (Å²) < 4.78 is 0. The summed E-state index contributed by atoms with van der Waals surface area (Å²) in [4.78, 5) is 14.2. The van der Waals surface area contributed by atoms with Gasteiger partial charge in [0.05, 0.1) is 0 Å². The van der Waals surface area contributed by atoms with Gasteiger partial charge in [0, 0.05) is 25.0 Å². The third kappa shape index (κ3) is 2.03. The molecule has 0 unspecified atom stereocenters. The van der Waals surface area contributed by atoms with E-state index < -0.39 is 0 Å². The summed E-state index contributed by atoms with van der Waals surface area (Å²) in [7, 11) is 0. The lowest BCUT2D eigenvalue weighted by atomic mass is 9.90. The van der Waals surface area contributed by atoms with Gasteiger partial charge in [-0.3, -0.25) is 4.79 Å². The van der Waals surface area contributed by atoms with Gasteiger partial charge in [0.1, 0.15) is 0 Å². The number of hydrogen-bond donors (Lipinski definition) is 1. The summed E-state index contributed by atoms with van der Waals surface area (Å²) >= 11 is 0. The van der Waals surface area contributed by atoms with Crippen LogP contribution in [0.2, 0.25) is 0 Å². The molecule has 15 heavy (non-hydrogen) atoms. The smallest absolute Gasteiger partial charge is 0.226 e. The zero-order valence-electron chi connectivity index (χ0n) is 9.78. The number of hydrogen-bond acceptors (Lipinski definition) is 2. The van der Waals surface area contributed by atoms with Crippen LogP contribution in [0.4, 0.5) is 0 Å². The van der Waals surface area contributed by atoms with E-state index in [4.69, 9.17) is 5.73 Å². The van der Waals surface area contributed by atoms with Crippen molar-refractivity contribution in [2.45, 2.75) is 39.2 Å². The second kappa shape index (κ2) is 4.12. The molecule has 1 saturated heterocycles. The number of amides is 1. The molecular weight excluding hydrogens is 188 g/mol. The fraction of sp³-hybridized carbons (Fsp3) is 0.917. The fourth-order valence-electron chi connectivity index (χ4n) is 2.76. The van der Waals surface area contributed by atoms with Crippen LogP contribution in [0.1, 0.15) is 33.1 Å². The number of rotatable bonds is 2. The van der Waals surface area contributed by atoms with Gasteiger partial charge in [0.25, 0.3) is 0 Å². The quantitative estimate of drug-likeness (QED) is 0.745. The molecule has 0 radical (unpaired) electrons. The van der Waals surface area contributed by atoms with Gasteiger partial charge in [-0.25, -0.2) is 0 Å². The first-order valence-electron chi connectivity index (χ1n) is 6.15. The average molecular weight is 210 g/mol. The first-order valence-corrected chi connectivity index (χ1v) is 6.15. The molecule has 4 atom stereocenters. The highest BCUT2D eigenvalue weighted by Gasteiger charge is 2.44. The van der Waals surface area contributed by atoms with Gasteiger partial charge in [-0.15, -0.1) is 0 Å². The molecule has 3 heteroatoms. The maximum absolute atomic E-state index is 12.2. The van der Waals surface area contributed by atoms with E-state index in [1.807, 2.05) is 0 Å². The predicted octanol–water partition coefficient (Wildman–Crippen LogP) is 1.23. The first kappa shape index (κ1) is 10.9. The highest BCUT2D eigenvalue weighted by molar-refractivity contribution is 5.82. The molecule has 0 bridgehead atoms. The monoisotopic (exact) mass is 210 g/mol. The molecule has 0 aromatic heterocycles. The maximum atomic E-state index is 12.2. The van der Waals surface area contributed by atoms with Gasteiger partial charge < -0.3 is 10.6 Å². The molecule has 1 heterocycles. The molecule has 2 N–H and O–H groups in total. The number of carbonyl (C=O) groups is 1. The van der Waals surface area contributed by atoms with Crippen LogP contribution in [0, 0.1) is 17.8 Å². The van der Waals surface area contributed by atoms with E-state index in [-0.39, 0.29) is 0 Å². The Morgan fingerprint density at radius 3 is 2.60 bits per heavy atom. The molecule has 1 aliphatic carbocycles. The Bertz CT molecular complexity index is 254. The van der Waals surface area contributed by atoms with Crippen molar-refractivity contribution in [3.05, 3.63) is 0 Å². The summed E-state index contributed by atoms with van der Waals surface area (Å²) in [6.07, 6.45) is 3.44. The molecular formula is C12H22N2O. The van der Waals surface area contributed by atoms with Crippen molar-refractivity contribution in [1.29, 1.82) is 0 Å². The van der Waals surface area contributed by atoms with Crippen LogP contribution in [0.25, 0.3) is 0 Å². The molecule has 2 fully saturated rings. The molecule has 0 aromatic carbocycles. The van der Waals surface area contributed by atoms with Crippen LogP contribution in [0.5, 0.6) is 0 Å².